The fraction of sp³-hybridized carbons (Fsp3) is 0.294. The van der Waals surface area contributed by atoms with Gasteiger partial charge < -0.3 is 10.8 Å². The molecular weight excluding hydrogens is 270 g/mol. The largest absolute Gasteiger partial charge is 0.388 e. The maximum atomic E-state index is 10.7. The van der Waals surface area contributed by atoms with E-state index in [9.17, 15) is 5.11 Å². The first-order valence-corrected chi connectivity index (χ1v) is 7.11. The molecule has 0 saturated carbocycles. The molecule has 0 fully saturated rings. The number of benzene rings is 2. The normalized spacial score (nSPS) is 14.1. The summed E-state index contributed by atoms with van der Waals surface area (Å²) in [6, 6.07) is 13.7. The molecule has 0 saturated heterocycles. The van der Waals surface area contributed by atoms with Crippen LogP contribution in [0.1, 0.15) is 34.3 Å². The zero-order valence-corrected chi connectivity index (χ0v) is 12.6. The molecule has 2 aromatic rings. The maximum Gasteiger partial charge on any atom is 0.0873 e. The third-order valence-corrected chi connectivity index (χ3v) is 3.89. The lowest BCUT2D eigenvalue weighted by molar-refractivity contribution is 0.147. The van der Waals surface area contributed by atoms with Gasteiger partial charge in [0, 0.05) is 17.5 Å². The minimum Gasteiger partial charge on any atom is -0.388 e. The highest BCUT2D eigenvalue weighted by Gasteiger charge is 2.23. The molecule has 0 aliphatic carbocycles. The standard InChI is InChI=1S/C17H20ClNO/c1-11-4-3-5-13(8-11)16(10-19)17(20)15-7-6-14(18)9-12(15)2/h3-9,16-17,20H,10,19H2,1-2H3. The summed E-state index contributed by atoms with van der Waals surface area (Å²) in [6.45, 7) is 4.39. The van der Waals surface area contributed by atoms with Crippen molar-refractivity contribution in [3.8, 4) is 0 Å². The van der Waals surface area contributed by atoms with Gasteiger partial charge in [0.05, 0.1) is 6.10 Å². The number of rotatable bonds is 4. The number of hydrogen-bond donors (Lipinski definition) is 2. The molecule has 106 valence electrons. The predicted octanol–water partition coefficient (Wildman–Crippen LogP) is 3.73. The molecule has 2 atom stereocenters. The fourth-order valence-corrected chi connectivity index (χ4v) is 2.76. The summed E-state index contributed by atoms with van der Waals surface area (Å²) in [5, 5.41) is 11.4. The van der Waals surface area contributed by atoms with Crippen LogP contribution < -0.4 is 5.73 Å². The third kappa shape index (κ3) is 3.21. The van der Waals surface area contributed by atoms with Gasteiger partial charge >= 0.3 is 0 Å². The maximum absolute atomic E-state index is 10.7. The average molecular weight is 290 g/mol. The summed E-state index contributed by atoms with van der Waals surface area (Å²) in [5.41, 5.74) is 9.98. The van der Waals surface area contributed by atoms with E-state index in [1.54, 1.807) is 6.07 Å². The molecule has 0 amide bonds. The molecule has 0 bridgehead atoms. The molecule has 20 heavy (non-hydrogen) atoms. The summed E-state index contributed by atoms with van der Waals surface area (Å²) >= 11 is 5.97. The molecule has 0 aliphatic heterocycles. The second-order valence-electron chi connectivity index (χ2n) is 5.20. The van der Waals surface area contributed by atoms with Crippen LogP contribution in [0.4, 0.5) is 0 Å². The number of aliphatic hydroxyl groups is 1. The first-order chi connectivity index (χ1) is 9.52. The van der Waals surface area contributed by atoms with Crippen LogP contribution in [0.2, 0.25) is 5.02 Å². The first kappa shape index (κ1) is 15.0. The summed E-state index contributed by atoms with van der Waals surface area (Å²) in [7, 11) is 0. The van der Waals surface area contributed by atoms with E-state index in [-0.39, 0.29) is 5.92 Å². The monoisotopic (exact) mass is 289 g/mol. The van der Waals surface area contributed by atoms with Crippen molar-refractivity contribution in [2.24, 2.45) is 5.73 Å². The highest BCUT2D eigenvalue weighted by Crippen LogP contribution is 2.33. The molecule has 0 radical (unpaired) electrons. The molecule has 0 aromatic heterocycles. The van der Waals surface area contributed by atoms with E-state index in [2.05, 4.69) is 6.07 Å². The summed E-state index contributed by atoms with van der Waals surface area (Å²) in [5.74, 6) is -0.116. The lowest BCUT2D eigenvalue weighted by Crippen LogP contribution is -2.20. The van der Waals surface area contributed by atoms with Gasteiger partial charge in [0.2, 0.25) is 0 Å². The van der Waals surface area contributed by atoms with Crippen molar-refractivity contribution < 1.29 is 5.11 Å². The number of aliphatic hydroxyl groups excluding tert-OH is 1. The minimum absolute atomic E-state index is 0.116. The molecule has 0 aliphatic rings. The summed E-state index contributed by atoms with van der Waals surface area (Å²) in [4.78, 5) is 0. The second-order valence-corrected chi connectivity index (χ2v) is 5.64. The van der Waals surface area contributed by atoms with Crippen molar-refractivity contribution in [1.29, 1.82) is 0 Å². The van der Waals surface area contributed by atoms with Crippen LogP contribution in [0.15, 0.2) is 42.5 Å². The molecule has 2 unspecified atom stereocenters. The molecule has 2 rings (SSSR count). The Morgan fingerprint density at radius 3 is 2.50 bits per heavy atom. The Balaban J connectivity index is 2.36. The first-order valence-electron chi connectivity index (χ1n) is 6.73. The van der Waals surface area contributed by atoms with E-state index in [0.717, 1.165) is 16.7 Å². The van der Waals surface area contributed by atoms with Gasteiger partial charge in [0.1, 0.15) is 0 Å². The zero-order chi connectivity index (χ0) is 14.7. The van der Waals surface area contributed by atoms with E-state index in [0.29, 0.717) is 11.6 Å². The Morgan fingerprint density at radius 2 is 1.90 bits per heavy atom. The Hall–Kier alpha value is -1.35. The molecule has 0 heterocycles. The van der Waals surface area contributed by atoms with Gasteiger partial charge in [-0.1, -0.05) is 47.5 Å². The predicted molar refractivity (Wildman–Crippen MR) is 84.1 cm³/mol. The number of hydrogen-bond acceptors (Lipinski definition) is 2. The van der Waals surface area contributed by atoms with E-state index < -0.39 is 6.10 Å². The average Bonchev–Trinajstić information content (AvgIpc) is 2.39. The summed E-state index contributed by atoms with van der Waals surface area (Å²) in [6.07, 6.45) is -0.626. The Morgan fingerprint density at radius 1 is 1.15 bits per heavy atom. The zero-order valence-electron chi connectivity index (χ0n) is 11.8. The van der Waals surface area contributed by atoms with Gasteiger partial charge in [-0.15, -0.1) is 0 Å². The van der Waals surface area contributed by atoms with Gasteiger partial charge in [-0.2, -0.15) is 0 Å². The Bertz CT molecular complexity index is 597. The highest BCUT2D eigenvalue weighted by atomic mass is 35.5. The highest BCUT2D eigenvalue weighted by molar-refractivity contribution is 6.30. The third-order valence-electron chi connectivity index (χ3n) is 3.66. The fourth-order valence-electron chi connectivity index (χ4n) is 2.54. The van der Waals surface area contributed by atoms with Crippen LogP contribution in [-0.2, 0) is 0 Å². The topological polar surface area (TPSA) is 46.2 Å². The van der Waals surface area contributed by atoms with Crippen molar-refractivity contribution in [2.45, 2.75) is 25.9 Å². The van der Waals surface area contributed by atoms with Crippen LogP contribution in [0.3, 0.4) is 0 Å². The molecule has 3 heteroatoms. The van der Waals surface area contributed by atoms with Crippen molar-refractivity contribution >= 4 is 11.6 Å². The quantitative estimate of drug-likeness (QED) is 0.901. The van der Waals surface area contributed by atoms with Crippen LogP contribution in [-0.4, -0.2) is 11.7 Å². The lowest BCUT2D eigenvalue weighted by Gasteiger charge is -2.24. The lowest BCUT2D eigenvalue weighted by atomic mass is 9.87. The Labute approximate surface area is 125 Å². The number of halogens is 1. The molecule has 3 N–H and O–H groups in total. The number of aryl methyl sites for hydroxylation is 2. The van der Waals surface area contributed by atoms with E-state index in [4.69, 9.17) is 17.3 Å². The molecule has 0 spiro atoms. The second kappa shape index (κ2) is 6.40. The van der Waals surface area contributed by atoms with Gasteiger partial charge in [0.15, 0.2) is 0 Å². The SMILES string of the molecule is Cc1cccc(C(CN)C(O)c2ccc(Cl)cc2C)c1. The smallest absolute Gasteiger partial charge is 0.0873 e. The number of nitrogens with two attached hydrogens (primary N) is 1. The minimum atomic E-state index is -0.626. The van der Waals surface area contributed by atoms with E-state index >= 15 is 0 Å². The van der Waals surface area contributed by atoms with Crippen LogP contribution in [0.25, 0.3) is 0 Å². The van der Waals surface area contributed by atoms with Crippen molar-refractivity contribution in [1.82, 2.24) is 0 Å². The van der Waals surface area contributed by atoms with Crippen molar-refractivity contribution in [3.05, 3.63) is 69.7 Å². The van der Waals surface area contributed by atoms with Gasteiger partial charge in [0.25, 0.3) is 0 Å². The van der Waals surface area contributed by atoms with Crippen LogP contribution >= 0.6 is 11.6 Å². The Kier molecular flexibility index (Phi) is 4.81. The van der Waals surface area contributed by atoms with Gasteiger partial charge in [-0.05, 0) is 42.7 Å². The molecule has 2 nitrogen and oxygen atoms in total. The van der Waals surface area contributed by atoms with E-state index in [1.165, 1.54) is 5.56 Å². The molecule has 2 aromatic carbocycles. The van der Waals surface area contributed by atoms with Crippen molar-refractivity contribution in [3.63, 3.8) is 0 Å². The van der Waals surface area contributed by atoms with Crippen LogP contribution in [0.5, 0.6) is 0 Å². The van der Waals surface area contributed by atoms with Gasteiger partial charge in [-0.3, -0.25) is 0 Å². The molecular formula is C17H20ClNO. The van der Waals surface area contributed by atoms with Gasteiger partial charge in [-0.25, -0.2) is 0 Å². The van der Waals surface area contributed by atoms with Crippen molar-refractivity contribution in [2.75, 3.05) is 6.54 Å². The van der Waals surface area contributed by atoms with E-state index in [1.807, 2.05) is 44.2 Å². The van der Waals surface area contributed by atoms with Crippen LogP contribution in [0, 0.1) is 13.8 Å². The summed E-state index contributed by atoms with van der Waals surface area (Å²) < 4.78 is 0.